The standard InChI is InChI=1S/C21H21ClN4O3S/c1-12-8-13(2)24-14(3)20(12)29-21-19(26-30(27,28)17-4-5-17)7-6-18(25-21)15-9-16(22)11-23-10-15/h6-11,17,26H,4-5H2,1-3H3. The van der Waals surface area contributed by atoms with Gasteiger partial charge in [0.25, 0.3) is 0 Å². The lowest BCUT2D eigenvalue weighted by molar-refractivity contribution is 0.455. The first-order valence-electron chi connectivity index (χ1n) is 9.49. The number of nitrogens with zero attached hydrogens (tertiary/aromatic N) is 3. The zero-order valence-electron chi connectivity index (χ0n) is 16.8. The molecule has 7 nitrogen and oxygen atoms in total. The Balaban J connectivity index is 1.79. The van der Waals surface area contributed by atoms with E-state index in [0.29, 0.717) is 40.6 Å². The van der Waals surface area contributed by atoms with Crippen LogP contribution in [0.1, 0.15) is 29.8 Å². The quantitative estimate of drug-likeness (QED) is 0.586. The molecule has 0 aromatic carbocycles. The third kappa shape index (κ3) is 4.39. The lowest BCUT2D eigenvalue weighted by Crippen LogP contribution is -2.18. The van der Waals surface area contributed by atoms with Gasteiger partial charge in [-0.05, 0) is 63.4 Å². The molecule has 0 unspecified atom stereocenters. The molecular weight excluding hydrogens is 424 g/mol. The third-order valence-corrected chi connectivity index (χ3v) is 6.79. The van der Waals surface area contributed by atoms with E-state index in [1.807, 2.05) is 26.8 Å². The van der Waals surface area contributed by atoms with E-state index < -0.39 is 10.0 Å². The minimum absolute atomic E-state index is 0.147. The lowest BCUT2D eigenvalue weighted by Gasteiger charge is -2.16. The van der Waals surface area contributed by atoms with Gasteiger partial charge in [0.2, 0.25) is 15.9 Å². The Morgan fingerprint density at radius 1 is 1.10 bits per heavy atom. The number of ether oxygens (including phenoxy) is 1. The summed E-state index contributed by atoms with van der Waals surface area (Å²) in [6.07, 6.45) is 4.48. The molecule has 0 saturated heterocycles. The minimum Gasteiger partial charge on any atom is -0.435 e. The monoisotopic (exact) mass is 444 g/mol. The van der Waals surface area contributed by atoms with E-state index in [9.17, 15) is 8.42 Å². The molecule has 0 atom stereocenters. The van der Waals surface area contributed by atoms with E-state index >= 15 is 0 Å². The fourth-order valence-electron chi connectivity index (χ4n) is 3.19. The van der Waals surface area contributed by atoms with E-state index in [4.69, 9.17) is 16.3 Å². The molecule has 1 aliphatic rings. The van der Waals surface area contributed by atoms with Crippen LogP contribution in [0.25, 0.3) is 11.3 Å². The SMILES string of the molecule is Cc1cc(C)c(Oc2nc(-c3cncc(Cl)c3)ccc2NS(=O)(=O)C2CC2)c(C)n1. The van der Waals surface area contributed by atoms with Crippen molar-refractivity contribution in [3.63, 3.8) is 0 Å². The predicted octanol–water partition coefficient (Wildman–Crippen LogP) is 4.81. The molecule has 3 aromatic rings. The molecule has 0 aliphatic heterocycles. The fourth-order valence-corrected chi connectivity index (χ4v) is 4.75. The molecule has 3 heterocycles. The summed E-state index contributed by atoms with van der Waals surface area (Å²) in [7, 11) is -3.49. The normalized spacial score (nSPS) is 13.9. The maximum Gasteiger partial charge on any atom is 0.244 e. The number of anilines is 1. The van der Waals surface area contributed by atoms with Gasteiger partial charge in [-0.1, -0.05) is 11.6 Å². The van der Waals surface area contributed by atoms with Crippen molar-refractivity contribution in [2.75, 3.05) is 4.72 Å². The van der Waals surface area contributed by atoms with Crippen molar-refractivity contribution in [2.45, 2.75) is 38.9 Å². The molecule has 0 radical (unpaired) electrons. The number of hydrogen-bond acceptors (Lipinski definition) is 6. The summed E-state index contributed by atoms with van der Waals surface area (Å²) < 4.78 is 33.8. The highest BCUT2D eigenvalue weighted by Gasteiger charge is 2.36. The Bertz CT molecular complexity index is 1200. The van der Waals surface area contributed by atoms with Gasteiger partial charge < -0.3 is 4.74 Å². The van der Waals surface area contributed by atoms with Gasteiger partial charge in [0.1, 0.15) is 5.69 Å². The molecule has 0 amide bonds. The Kier molecular flexibility index (Phi) is 5.38. The summed E-state index contributed by atoms with van der Waals surface area (Å²) in [6, 6.07) is 6.99. The second kappa shape index (κ2) is 7.85. The van der Waals surface area contributed by atoms with Gasteiger partial charge in [0.05, 0.1) is 21.7 Å². The number of sulfonamides is 1. The van der Waals surface area contributed by atoms with Gasteiger partial charge in [0, 0.05) is 23.7 Å². The van der Waals surface area contributed by atoms with Crippen LogP contribution in [0.3, 0.4) is 0 Å². The van der Waals surface area contributed by atoms with Gasteiger partial charge in [-0.3, -0.25) is 14.7 Å². The molecule has 1 aliphatic carbocycles. The first kappa shape index (κ1) is 20.6. The number of hydrogen-bond donors (Lipinski definition) is 1. The summed E-state index contributed by atoms with van der Waals surface area (Å²) in [5.74, 6) is 0.690. The van der Waals surface area contributed by atoms with Gasteiger partial charge in [-0.2, -0.15) is 0 Å². The summed E-state index contributed by atoms with van der Waals surface area (Å²) in [4.78, 5) is 13.1. The maximum atomic E-state index is 12.5. The fraction of sp³-hybridized carbons (Fsp3) is 0.286. The van der Waals surface area contributed by atoms with Crippen molar-refractivity contribution >= 4 is 27.3 Å². The highest BCUT2D eigenvalue weighted by molar-refractivity contribution is 7.93. The number of nitrogens with one attached hydrogen (secondary N) is 1. The number of aromatic nitrogens is 3. The van der Waals surface area contributed by atoms with E-state index in [-0.39, 0.29) is 16.8 Å². The highest BCUT2D eigenvalue weighted by atomic mass is 35.5. The maximum absolute atomic E-state index is 12.5. The molecule has 0 bridgehead atoms. The van der Waals surface area contributed by atoms with Crippen LogP contribution in [0.15, 0.2) is 36.7 Å². The largest absolute Gasteiger partial charge is 0.435 e. The van der Waals surface area contributed by atoms with Crippen molar-refractivity contribution in [1.82, 2.24) is 15.0 Å². The van der Waals surface area contributed by atoms with Crippen molar-refractivity contribution in [3.8, 4) is 22.9 Å². The van der Waals surface area contributed by atoms with Gasteiger partial charge in [0.15, 0.2) is 5.75 Å². The van der Waals surface area contributed by atoms with Crippen molar-refractivity contribution < 1.29 is 13.2 Å². The van der Waals surface area contributed by atoms with Crippen LogP contribution in [0.4, 0.5) is 5.69 Å². The molecule has 156 valence electrons. The van der Waals surface area contributed by atoms with Crippen molar-refractivity contribution in [3.05, 3.63) is 58.6 Å². The Morgan fingerprint density at radius 3 is 2.53 bits per heavy atom. The molecular formula is C21H21ClN4O3S. The average Bonchev–Trinajstić information content (AvgIpc) is 3.51. The molecule has 4 rings (SSSR count). The van der Waals surface area contributed by atoms with E-state index in [0.717, 1.165) is 11.3 Å². The number of rotatable bonds is 6. The smallest absolute Gasteiger partial charge is 0.244 e. The number of halogens is 1. The minimum atomic E-state index is -3.49. The summed E-state index contributed by atoms with van der Waals surface area (Å²) in [5, 5.41) is 0.108. The summed E-state index contributed by atoms with van der Waals surface area (Å²) in [5.41, 5.74) is 3.98. The van der Waals surface area contributed by atoms with E-state index in [1.54, 1.807) is 24.4 Å². The van der Waals surface area contributed by atoms with E-state index in [1.165, 1.54) is 6.20 Å². The Labute approximate surface area is 180 Å². The molecule has 9 heteroatoms. The third-order valence-electron chi connectivity index (χ3n) is 4.73. The topological polar surface area (TPSA) is 94.1 Å². The summed E-state index contributed by atoms with van der Waals surface area (Å²) >= 11 is 6.06. The second-order valence-electron chi connectivity index (χ2n) is 7.38. The van der Waals surface area contributed by atoms with Crippen LogP contribution in [0.5, 0.6) is 11.6 Å². The first-order chi connectivity index (χ1) is 14.2. The van der Waals surface area contributed by atoms with Crippen LogP contribution < -0.4 is 9.46 Å². The number of pyridine rings is 3. The van der Waals surface area contributed by atoms with Crippen LogP contribution in [-0.4, -0.2) is 28.6 Å². The molecule has 30 heavy (non-hydrogen) atoms. The van der Waals surface area contributed by atoms with Crippen LogP contribution >= 0.6 is 11.6 Å². The highest BCUT2D eigenvalue weighted by Crippen LogP contribution is 2.36. The lowest BCUT2D eigenvalue weighted by atomic mass is 10.2. The zero-order valence-corrected chi connectivity index (χ0v) is 18.4. The molecule has 1 fully saturated rings. The zero-order chi connectivity index (χ0) is 21.5. The molecule has 0 spiro atoms. The van der Waals surface area contributed by atoms with Crippen LogP contribution in [0.2, 0.25) is 5.02 Å². The molecule has 3 aromatic heterocycles. The van der Waals surface area contributed by atoms with E-state index in [2.05, 4.69) is 19.7 Å². The average molecular weight is 445 g/mol. The van der Waals surface area contributed by atoms with Crippen LogP contribution in [-0.2, 0) is 10.0 Å². The Morgan fingerprint density at radius 2 is 1.87 bits per heavy atom. The predicted molar refractivity (Wildman–Crippen MR) is 117 cm³/mol. The van der Waals surface area contributed by atoms with Crippen LogP contribution in [0, 0.1) is 20.8 Å². The van der Waals surface area contributed by atoms with Gasteiger partial charge in [-0.25, -0.2) is 13.4 Å². The first-order valence-corrected chi connectivity index (χ1v) is 11.4. The van der Waals surface area contributed by atoms with Gasteiger partial charge >= 0.3 is 0 Å². The second-order valence-corrected chi connectivity index (χ2v) is 9.78. The van der Waals surface area contributed by atoms with Crippen molar-refractivity contribution in [2.24, 2.45) is 0 Å². The summed E-state index contributed by atoms with van der Waals surface area (Å²) in [6.45, 7) is 5.66. The Hall–Kier alpha value is -2.71. The van der Waals surface area contributed by atoms with Crippen molar-refractivity contribution in [1.29, 1.82) is 0 Å². The number of aryl methyl sites for hydroxylation is 3. The van der Waals surface area contributed by atoms with Gasteiger partial charge in [-0.15, -0.1) is 0 Å². The molecule has 1 N–H and O–H groups in total. The molecule has 1 saturated carbocycles.